The number of hydrogen-bond acceptors (Lipinski definition) is 3. The monoisotopic (exact) mass is 216 g/mol. The van der Waals surface area contributed by atoms with Crippen molar-refractivity contribution in [3.05, 3.63) is 0 Å². The van der Waals surface area contributed by atoms with Gasteiger partial charge in [0, 0.05) is 20.6 Å². The second-order valence-corrected chi connectivity index (χ2v) is 5.57. The SMILES string of the molecule is COC1(OC)CC[C@H](C(C)(C)C)C[C@@H]1O. The van der Waals surface area contributed by atoms with Crippen molar-refractivity contribution in [1.82, 2.24) is 0 Å². The lowest BCUT2D eigenvalue weighted by atomic mass is 9.70. The van der Waals surface area contributed by atoms with Gasteiger partial charge in [-0.05, 0) is 24.2 Å². The van der Waals surface area contributed by atoms with E-state index in [0.717, 1.165) is 19.3 Å². The van der Waals surface area contributed by atoms with Crippen molar-refractivity contribution in [2.24, 2.45) is 11.3 Å². The van der Waals surface area contributed by atoms with Gasteiger partial charge < -0.3 is 14.6 Å². The van der Waals surface area contributed by atoms with Crippen molar-refractivity contribution in [2.45, 2.75) is 51.9 Å². The molecule has 1 aliphatic carbocycles. The lowest BCUT2D eigenvalue weighted by molar-refractivity contribution is -0.280. The average molecular weight is 216 g/mol. The van der Waals surface area contributed by atoms with Gasteiger partial charge in [0.2, 0.25) is 0 Å². The molecule has 0 aliphatic heterocycles. The summed E-state index contributed by atoms with van der Waals surface area (Å²) in [5.41, 5.74) is 0.245. The highest BCUT2D eigenvalue weighted by Gasteiger charge is 2.45. The minimum Gasteiger partial charge on any atom is -0.387 e. The lowest BCUT2D eigenvalue weighted by Gasteiger charge is -2.45. The number of ether oxygens (including phenoxy) is 2. The topological polar surface area (TPSA) is 38.7 Å². The van der Waals surface area contributed by atoms with Gasteiger partial charge in [0.15, 0.2) is 5.79 Å². The normalized spacial score (nSPS) is 31.6. The summed E-state index contributed by atoms with van der Waals surface area (Å²) in [6, 6.07) is 0. The molecule has 0 radical (unpaired) electrons. The third-order valence-corrected chi connectivity index (χ3v) is 3.77. The molecule has 1 fully saturated rings. The Morgan fingerprint density at radius 3 is 2.07 bits per heavy atom. The number of hydrogen-bond donors (Lipinski definition) is 1. The van der Waals surface area contributed by atoms with Crippen LogP contribution in [0, 0.1) is 11.3 Å². The molecule has 3 heteroatoms. The van der Waals surface area contributed by atoms with Gasteiger partial charge in [-0.25, -0.2) is 0 Å². The molecule has 1 N–H and O–H groups in total. The highest BCUT2D eigenvalue weighted by Crippen LogP contribution is 2.42. The van der Waals surface area contributed by atoms with Gasteiger partial charge >= 0.3 is 0 Å². The average Bonchev–Trinajstić information content (AvgIpc) is 2.17. The van der Waals surface area contributed by atoms with E-state index in [9.17, 15) is 5.11 Å². The van der Waals surface area contributed by atoms with Crippen LogP contribution >= 0.6 is 0 Å². The largest absolute Gasteiger partial charge is 0.387 e. The molecule has 2 atom stereocenters. The second kappa shape index (κ2) is 4.40. The molecule has 0 amide bonds. The quantitative estimate of drug-likeness (QED) is 0.719. The fourth-order valence-corrected chi connectivity index (χ4v) is 2.46. The Balaban J connectivity index is 2.70. The van der Waals surface area contributed by atoms with Gasteiger partial charge in [0.25, 0.3) is 0 Å². The van der Waals surface area contributed by atoms with Crippen molar-refractivity contribution >= 4 is 0 Å². The molecule has 0 aromatic carbocycles. The van der Waals surface area contributed by atoms with E-state index in [4.69, 9.17) is 9.47 Å². The molecule has 0 heterocycles. The molecule has 1 rings (SSSR count). The van der Waals surface area contributed by atoms with Crippen LogP contribution in [0.2, 0.25) is 0 Å². The Kier molecular flexibility index (Phi) is 3.80. The maximum Gasteiger partial charge on any atom is 0.193 e. The Morgan fingerprint density at radius 2 is 1.73 bits per heavy atom. The van der Waals surface area contributed by atoms with E-state index < -0.39 is 11.9 Å². The zero-order valence-corrected chi connectivity index (χ0v) is 10.5. The minimum absolute atomic E-state index is 0.245. The highest BCUT2D eigenvalue weighted by atomic mass is 16.7. The van der Waals surface area contributed by atoms with E-state index in [1.807, 2.05) is 0 Å². The molecule has 0 aromatic heterocycles. The van der Waals surface area contributed by atoms with Gasteiger partial charge in [0.05, 0.1) is 0 Å². The van der Waals surface area contributed by atoms with Crippen LogP contribution in [0.5, 0.6) is 0 Å². The smallest absolute Gasteiger partial charge is 0.193 e. The molecule has 0 spiro atoms. The maximum atomic E-state index is 10.1. The number of methoxy groups -OCH3 is 2. The molecule has 0 bridgehead atoms. The van der Waals surface area contributed by atoms with Crippen molar-refractivity contribution in [3.8, 4) is 0 Å². The zero-order valence-electron chi connectivity index (χ0n) is 10.5. The van der Waals surface area contributed by atoms with Gasteiger partial charge in [-0.1, -0.05) is 20.8 Å². The first kappa shape index (κ1) is 12.9. The third kappa shape index (κ3) is 2.52. The van der Waals surface area contributed by atoms with Crippen molar-refractivity contribution in [2.75, 3.05) is 14.2 Å². The lowest BCUT2D eigenvalue weighted by Crippen LogP contribution is -2.51. The Hall–Kier alpha value is -0.120. The van der Waals surface area contributed by atoms with Crippen LogP contribution < -0.4 is 0 Å². The molecular weight excluding hydrogens is 192 g/mol. The van der Waals surface area contributed by atoms with Gasteiger partial charge in [-0.15, -0.1) is 0 Å². The summed E-state index contributed by atoms with van der Waals surface area (Å²) in [4.78, 5) is 0. The first-order valence-corrected chi connectivity index (χ1v) is 5.64. The minimum atomic E-state index is -0.776. The fourth-order valence-electron chi connectivity index (χ4n) is 2.46. The molecule has 90 valence electrons. The highest BCUT2D eigenvalue weighted by molar-refractivity contribution is 4.91. The summed E-state index contributed by atoms with van der Waals surface area (Å²) in [6.45, 7) is 6.66. The van der Waals surface area contributed by atoms with Crippen molar-refractivity contribution in [3.63, 3.8) is 0 Å². The van der Waals surface area contributed by atoms with Crippen LogP contribution in [0.25, 0.3) is 0 Å². The number of aliphatic hydroxyl groups excluding tert-OH is 1. The summed E-state index contributed by atoms with van der Waals surface area (Å²) in [5, 5.41) is 10.1. The van der Waals surface area contributed by atoms with Crippen LogP contribution in [-0.4, -0.2) is 31.2 Å². The van der Waals surface area contributed by atoms with E-state index in [1.54, 1.807) is 14.2 Å². The summed E-state index contributed by atoms with van der Waals surface area (Å²) >= 11 is 0. The molecule has 3 nitrogen and oxygen atoms in total. The predicted molar refractivity (Wildman–Crippen MR) is 59.6 cm³/mol. The van der Waals surface area contributed by atoms with E-state index in [0.29, 0.717) is 5.92 Å². The van der Waals surface area contributed by atoms with Crippen LogP contribution in [0.15, 0.2) is 0 Å². The van der Waals surface area contributed by atoms with Crippen molar-refractivity contribution in [1.29, 1.82) is 0 Å². The van der Waals surface area contributed by atoms with E-state index >= 15 is 0 Å². The predicted octanol–water partition coefficient (Wildman–Crippen LogP) is 2.18. The van der Waals surface area contributed by atoms with Crippen molar-refractivity contribution < 1.29 is 14.6 Å². The van der Waals surface area contributed by atoms with Crippen LogP contribution in [0.3, 0.4) is 0 Å². The Labute approximate surface area is 92.8 Å². The summed E-state index contributed by atoms with van der Waals surface area (Å²) in [7, 11) is 3.20. The molecule has 0 unspecified atom stereocenters. The van der Waals surface area contributed by atoms with Gasteiger partial charge in [0.1, 0.15) is 6.10 Å². The van der Waals surface area contributed by atoms with E-state index in [2.05, 4.69) is 20.8 Å². The molecule has 0 aromatic rings. The molecule has 1 aliphatic rings. The second-order valence-electron chi connectivity index (χ2n) is 5.57. The Morgan fingerprint density at radius 1 is 1.20 bits per heavy atom. The summed E-state index contributed by atoms with van der Waals surface area (Å²) in [5.74, 6) is -0.243. The van der Waals surface area contributed by atoms with Gasteiger partial charge in [-0.2, -0.15) is 0 Å². The van der Waals surface area contributed by atoms with Gasteiger partial charge in [-0.3, -0.25) is 0 Å². The molecule has 15 heavy (non-hydrogen) atoms. The third-order valence-electron chi connectivity index (χ3n) is 3.77. The zero-order chi connectivity index (χ0) is 11.7. The van der Waals surface area contributed by atoms with E-state index in [1.165, 1.54) is 0 Å². The first-order chi connectivity index (χ1) is 6.85. The summed E-state index contributed by atoms with van der Waals surface area (Å²) < 4.78 is 10.7. The standard InChI is InChI=1S/C12H24O3/c1-11(2,3)9-6-7-12(14-4,15-5)10(13)8-9/h9-10,13H,6-8H2,1-5H3/t9-,10-/m0/s1. The van der Waals surface area contributed by atoms with Crippen LogP contribution in [0.4, 0.5) is 0 Å². The first-order valence-electron chi connectivity index (χ1n) is 5.64. The molecular formula is C12H24O3. The Bertz CT molecular complexity index is 203. The molecule has 1 saturated carbocycles. The fraction of sp³-hybridized carbons (Fsp3) is 1.00. The maximum absolute atomic E-state index is 10.1. The number of aliphatic hydroxyl groups is 1. The molecule has 0 saturated heterocycles. The van der Waals surface area contributed by atoms with E-state index in [-0.39, 0.29) is 5.41 Å². The summed E-state index contributed by atoms with van der Waals surface area (Å²) in [6.07, 6.45) is 2.04. The van der Waals surface area contributed by atoms with Crippen LogP contribution in [-0.2, 0) is 9.47 Å². The number of rotatable bonds is 2. The van der Waals surface area contributed by atoms with Crippen LogP contribution in [0.1, 0.15) is 40.0 Å².